The maximum Gasteiger partial charge on any atom is 0.0594 e. The molecule has 3 nitrogen and oxygen atoms in total. The first kappa shape index (κ1) is 15.0. The second-order valence-electron chi connectivity index (χ2n) is 5.19. The zero-order valence-corrected chi connectivity index (χ0v) is 13.2. The monoisotopic (exact) mass is 326 g/mol. The molecule has 1 fully saturated rings. The van der Waals surface area contributed by atoms with Crippen LogP contribution in [0.25, 0.3) is 0 Å². The van der Waals surface area contributed by atoms with Gasteiger partial charge in [-0.1, -0.05) is 35.0 Å². The van der Waals surface area contributed by atoms with Gasteiger partial charge in [-0.15, -0.1) is 0 Å². The van der Waals surface area contributed by atoms with Gasteiger partial charge in [-0.2, -0.15) is 0 Å². The Morgan fingerprint density at radius 2 is 2.11 bits per heavy atom. The fraction of sp³-hybridized carbons (Fsp3) is 0.600. The van der Waals surface area contributed by atoms with Crippen LogP contribution >= 0.6 is 15.9 Å². The molecule has 0 saturated carbocycles. The fourth-order valence-corrected chi connectivity index (χ4v) is 2.91. The second kappa shape index (κ2) is 7.39. The number of halogens is 1. The third-order valence-electron chi connectivity index (χ3n) is 3.80. The third-order valence-corrected chi connectivity index (χ3v) is 4.54. The van der Waals surface area contributed by atoms with Crippen molar-refractivity contribution in [1.29, 1.82) is 0 Å². The van der Waals surface area contributed by atoms with Crippen LogP contribution in [0, 0.1) is 0 Å². The summed E-state index contributed by atoms with van der Waals surface area (Å²) >= 11 is 3.69. The highest BCUT2D eigenvalue weighted by molar-refractivity contribution is 9.10. The van der Waals surface area contributed by atoms with E-state index in [1.54, 1.807) is 0 Å². The van der Waals surface area contributed by atoms with E-state index in [9.17, 15) is 0 Å². The largest absolute Gasteiger partial charge is 0.379 e. The molecule has 0 spiro atoms. The van der Waals surface area contributed by atoms with Gasteiger partial charge in [0.2, 0.25) is 0 Å². The lowest BCUT2D eigenvalue weighted by Crippen LogP contribution is -2.37. The molecule has 0 aromatic heterocycles. The Hall–Kier alpha value is -0.420. The zero-order chi connectivity index (χ0) is 13.7. The van der Waals surface area contributed by atoms with Crippen molar-refractivity contribution >= 4 is 15.9 Å². The fourth-order valence-electron chi connectivity index (χ4n) is 2.31. The van der Waals surface area contributed by atoms with E-state index in [1.165, 1.54) is 15.6 Å². The number of ether oxygens (including phenoxy) is 1. The quantitative estimate of drug-likeness (QED) is 0.902. The summed E-state index contributed by atoms with van der Waals surface area (Å²) in [5.41, 5.74) is 8.40. The van der Waals surface area contributed by atoms with Crippen molar-refractivity contribution in [3.8, 4) is 0 Å². The van der Waals surface area contributed by atoms with E-state index in [1.807, 2.05) is 0 Å². The number of hydrogen-bond donors (Lipinski definition) is 1. The number of benzene rings is 1. The van der Waals surface area contributed by atoms with Gasteiger partial charge in [-0.05, 0) is 36.1 Å². The van der Waals surface area contributed by atoms with Gasteiger partial charge in [-0.3, -0.25) is 4.90 Å². The second-order valence-corrected chi connectivity index (χ2v) is 6.05. The zero-order valence-electron chi connectivity index (χ0n) is 11.6. The number of nitrogens with two attached hydrogens (primary N) is 1. The molecule has 2 rings (SSSR count). The van der Waals surface area contributed by atoms with Crippen molar-refractivity contribution in [1.82, 2.24) is 4.90 Å². The van der Waals surface area contributed by atoms with Gasteiger partial charge in [0.25, 0.3) is 0 Å². The first-order chi connectivity index (χ1) is 9.20. The molecular weight excluding hydrogens is 304 g/mol. The molecule has 1 aromatic rings. The minimum Gasteiger partial charge on any atom is -0.379 e. The topological polar surface area (TPSA) is 38.5 Å². The molecule has 0 aliphatic carbocycles. The Morgan fingerprint density at radius 1 is 1.37 bits per heavy atom. The molecule has 1 aliphatic rings. The molecule has 0 radical (unpaired) electrons. The van der Waals surface area contributed by atoms with E-state index < -0.39 is 0 Å². The number of morpholine rings is 1. The number of nitrogens with zero attached hydrogens (tertiary/aromatic N) is 1. The van der Waals surface area contributed by atoms with Crippen LogP contribution in [0.15, 0.2) is 22.7 Å². The average molecular weight is 327 g/mol. The van der Waals surface area contributed by atoms with Gasteiger partial charge in [0.15, 0.2) is 0 Å². The van der Waals surface area contributed by atoms with Crippen LogP contribution in [-0.4, -0.2) is 44.3 Å². The summed E-state index contributed by atoms with van der Waals surface area (Å²) in [5, 5.41) is 0. The van der Waals surface area contributed by atoms with Gasteiger partial charge in [0.1, 0.15) is 0 Å². The van der Waals surface area contributed by atoms with Gasteiger partial charge in [0.05, 0.1) is 13.2 Å². The van der Waals surface area contributed by atoms with E-state index in [0.29, 0.717) is 12.5 Å². The van der Waals surface area contributed by atoms with Crippen LogP contribution in [0.5, 0.6) is 0 Å². The van der Waals surface area contributed by atoms with Crippen LogP contribution in [0.1, 0.15) is 24.0 Å². The maximum absolute atomic E-state index is 5.71. The molecule has 0 amide bonds. The normalized spacial score (nSPS) is 18.5. The summed E-state index contributed by atoms with van der Waals surface area (Å²) in [6.45, 7) is 7.81. The van der Waals surface area contributed by atoms with Crippen molar-refractivity contribution < 1.29 is 4.74 Å². The Morgan fingerprint density at radius 3 is 2.74 bits per heavy atom. The predicted molar refractivity (Wildman–Crippen MR) is 82.6 cm³/mol. The van der Waals surface area contributed by atoms with Crippen molar-refractivity contribution in [3.05, 3.63) is 33.8 Å². The van der Waals surface area contributed by atoms with Crippen molar-refractivity contribution in [2.45, 2.75) is 19.3 Å². The Bertz CT molecular complexity index is 405. The number of hydrogen-bond acceptors (Lipinski definition) is 3. The molecule has 0 bridgehead atoms. The number of rotatable bonds is 5. The molecule has 2 N–H and O–H groups in total. The summed E-state index contributed by atoms with van der Waals surface area (Å²) < 4.78 is 6.57. The smallest absolute Gasteiger partial charge is 0.0594 e. The highest BCUT2D eigenvalue weighted by Gasteiger charge is 2.11. The SMILES string of the molecule is CC(CN)c1ccc(CCN2CCOCC2)c(Br)c1. The molecule has 1 heterocycles. The van der Waals surface area contributed by atoms with E-state index >= 15 is 0 Å². The summed E-state index contributed by atoms with van der Waals surface area (Å²) in [6, 6.07) is 6.65. The lowest BCUT2D eigenvalue weighted by atomic mass is 9.99. The highest BCUT2D eigenvalue weighted by atomic mass is 79.9. The average Bonchev–Trinajstić information content (AvgIpc) is 2.46. The van der Waals surface area contributed by atoms with Gasteiger partial charge >= 0.3 is 0 Å². The third kappa shape index (κ3) is 4.28. The van der Waals surface area contributed by atoms with Gasteiger partial charge < -0.3 is 10.5 Å². The van der Waals surface area contributed by atoms with Crippen LogP contribution < -0.4 is 5.73 Å². The van der Waals surface area contributed by atoms with Crippen molar-refractivity contribution in [2.75, 3.05) is 39.4 Å². The summed E-state index contributed by atoms with van der Waals surface area (Å²) in [4.78, 5) is 2.46. The molecule has 1 unspecified atom stereocenters. The Kier molecular flexibility index (Phi) is 5.82. The van der Waals surface area contributed by atoms with E-state index in [2.05, 4.69) is 46.0 Å². The molecule has 106 valence electrons. The lowest BCUT2D eigenvalue weighted by Gasteiger charge is -2.26. The lowest BCUT2D eigenvalue weighted by molar-refractivity contribution is 0.0384. The molecular formula is C15H23BrN2O. The van der Waals surface area contributed by atoms with E-state index in [-0.39, 0.29) is 0 Å². The van der Waals surface area contributed by atoms with Gasteiger partial charge in [-0.25, -0.2) is 0 Å². The molecule has 4 heteroatoms. The molecule has 1 aliphatic heterocycles. The maximum atomic E-state index is 5.71. The predicted octanol–water partition coefficient (Wildman–Crippen LogP) is 2.39. The van der Waals surface area contributed by atoms with E-state index in [0.717, 1.165) is 39.3 Å². The van der Waals surface area contributed by atoms with E-state index in [4.69, 9.17) is 10.5 Å². The molecule has 1 aromatic carbocycles. The van der Waals surface area contributed by atoms with Gasteiger partial charge in [0, 0.05) is 24.1 Å². The van der Waals surface area contributed by atoms with Crippen LogP contribution in [-0.2, 0) is 11.2 Å². The van der Waals surface area contributed by atoms with Crippen molar-refractivity contribution in [3.63, 3.8) is 0 Å². The Balaban J connectivity index is 1.93. The highest BCUT2D eigenvalue weighted by Crippen LogP contribution is 2.23. The standard InChI is InChI=1S/C15H23BrN2O/c1-12(11-17)14-3-2-13(15(16)10-14)4-5-18-6-8-19-9-7-18/h2-3,10,12H,4-9,11,17H2,1H3. The first-order valence-corrected chi connectivity index (χ1v) is 7.78. The summed E-state index contributed by atoms with van der Waals surface area (Å²) in [7, 11) is 0. The molecule has 19 heavy (non-hydrogen) atoms. The summed E-state index contributed by atoms with van der Waals surface area (Å²) in [5.74, 6) is 0.421. The van der Waals surface area contributed by atoms with Crippen LogP contribution in [0.2, 0.25) is 0 Å². The van der Waals surface area contributed by atoms with Crippen LogP contribution in [0.3, 0.4) is 0 Å². The summed E-state index contributed by atoms with van der Waals surface area (Å²) in [6.07, 6.45) is 1.08. The molecule has 1 saturated heterocycles. The van der Waals surface area contributed by atoms with Crippen LogP contribution in [0.4, 0.5) is 0 Å². The first-order valence-electron chi connectivity index (χ1n) is 6.99. The minimum absolute atomic E-state index is 0.421. The Labute approximate surface area is 124 Å². The van der Waals surface area contributed by atoms with Crippen molar-refractivity contribution in [2.24, 2.45) is 5.73 Å². The molecule has 1 atom stereocenters. The minimum atomic E-state index is 0.421.